The standard InChI is InChI=1S/C6H6ClF2N3O2S/c7-6-12-11-5(15-6)4(14)10-1-2(13)3(8)9/h2-3,13H,1H2,(H,10,14). The van der Waals surface area contributed by atoms with Crippen molar-refractivity contribution in [3.63, 3.8) is 0 Å². The topological polar surface area (TPSA) is 75.1 Å². The van der Waals surface area contributed by atoms with Crippen molar-refractivity contribution in [2.45, 2.75) is 12.5 Å². The first-order valence-electron chi connectivity index (χ1n) is 3.74. The Bertz CT molecular complexity index is 349. The molecule has 84 valence electrons. The first-order chi connectivity index (χ1) is 7.00. The summed E-state index contributed by atoms with van der Waals surface area (Å²) in [6, 6.07) is 0. The number of aliphatic hydroxyl groups is 1. The summed E-state index contributed by atoms with van der Waals surface area (Å²) in [4.78, 5) is 11.2. The molecule has 0 spiro atoms. The maximum absolute atomic E-state index is 11.8. The Morgan fingerprint density at radius 1 is 1.60 bits per heavy atom. The molecule has 1 amide bonds. The zero-order valence-electron chi connectivity index (χ0n) is 7.15. The number of amides is 1. The molecule has 9 heteroatoms. The minimum Gasteiger partial charge on any atom is -0.385 e. The van der Waals surface area contributed by atoms with E-state index in [0.29, 0.717) is 0 Å². The number of aromatic nitrogens is 2. The van der Waals surface area contributed by atoms with Gasteiger partial charge in [-0.25, -0.2) is 8.78 Å². The largest absolute Gasteiger partial charge is 0.385 e. The van der Waals surface area contributed by atoms with E-state index < -0.39 is 25.0 Å². The molecule has 0 bridgehead atoms. The third-order valence-corrected chi connectivity index (χ3v) is 2.37. The molecule has 1 aromatic rings. The molecule has 1 rings (SSSR count). The van der Waals surface area contributed by atoms with Crippen LogP contribution in [0.2, 0.25) is 4.47 Å². The normalized spacial score (nSPS) is 12.9. The molecule has 0 aliphatic carbocycles. The van der Waals surface area contributed by atoms with Crippen molar-refractivity contribution < 1.29 is 18.7 Å². The summed E-state index contributed by atoms with van der Waals surface area (Å²) in [5.41, 5.74) is 0. The maximum atomic E-state index is 11.8. The summed E-state index contributed by atoms with van der Waals surface area (Å²) in [7, 11) is 0. The van der Waals surface area contributed by atoms with Crippen LogP contribution in [0.15, 0.2) is 0 Å². The van der Waals surface area contributed by atoms with Crippen LogP contribution in [0.1, 0.15) is 9.80 Å². The number of hydrogen-bond donors (Lipinski definition) is 2. The van der Waals surface area contributed by atoms with Gasteiger partial charge in [0.05, 0.1) is 0 Å². The second kappa shape index (κ2) is 5.29. The van der Waals surface area contributed by atoms with Crippen molar-refractivity contribution in [3.8, 4) is 0 Å². The highest BCUT2D eigenvalue weighted by Gasteiger charge is 2.19. The lowest BCUT2D eigenvalue weighted by atomic mass is 10.3. The highest BCUT2D eigenvalue weighted by molar-refractivity contribution is 7.17. The van der Waals surface area contributed by atoms with E-state index in [4.69, 9.17) is 16.7 Å². The molecule has 0 saturated carbocycles. The Morgan fingerprint density at radius 2 is 2.27 bits per heavy atom. The Balaban J connectivity index is 2.43. The van der Waals surface area contributed by atoms with Gasteiger partial charge in [-0.3, -0.25) is 4.79 Å². The van der Waals surface area contributed by atoms with E-state index in [1.807, 2.05) is 0 Å². The van der Waals surface area contributed by atoms with Crippen molar-refractivity contribution in [1.29, 1.82) is 0 Å². The maximum Gasteiger partial charge on any atom is 0.282 e. The van der Waals surface area contributed by atoms with E-state index in [-0.39, 0.29) is 9.47 Å². The van der Waals surface area contributed by atoms with E-state index in [0.717, 1.165) is 11.3 Å². The molecule has 0 radical (unpaired) electrons. The Morgan fingerprint density at radius 3 is 2.73 bits per heavy atom. The van der Waals surface area contributed by atoms with Gasteiger partial charge in [-0.05, 0) is 11.6 Å². The number of alkyl halides is 2. The van der Waals surface area contributed by atoms with E-state index in [9.17, 15) is 13.6 Å². The van der Waals surface area contributed by atoms with Crippen molar-refractivity contribution in [1.82, 2.24) is 15.5 Å². The molecular formula is C6H6ClF2N3O2S. The zero-order valence-corrected chi connectivity index (χ0v) is 8.73. The number of nitrogens with one attached hydrogen (secondary N) is 1. The monoisotopic (exact) mass is 257 g/mol. The summed E-state index contributed by atoms with van der Waals surface area (Å²) in [6.45, 7) is -0.548. The van der Waals surface area contributed by atoms with Crippen LogP contribution in [-0.4, -0.2) is 40.3 Å². The molecule has 0 saturated heterocycles. The number of carbonyl (C=O) groups excluding carboxylic acids is 1. The van der Waals surface area contributed by atoms with E-state index in [1.165, 1.54) is 0 Å². The molecule has 0 fully saturated rings. The molecule has 0 aromatic carbocycles. The van der Waals surface area contributed by atoms with Crippen LogP contribution in [0.3, 0.4) is 0 Å². The predicted molar refractivity (Wildman–Crippen MR) is 49.3 cm³/mol. The van der Waals surface area contributed by atoms with Crippen LogP contribution in [0.5, 0.6) is 0 Å². The summed E-state index contributed by atoms with van der Waals surface area (Å²) in [6.07, 6.45) is -4.79. The quantitative estimate of drug-likeness (QED) is 0.826. The highest BCUT2D eigenvalue weighted by Crippen LogP contribution is 2.14. The first-order valence-corrected chi connectivity index (χ1v) is 4.93. The minimum absolute atomic E-state index is 0.0403. The van der Waals surface area contributed by atoms with Crippen molar-refractivity contribution in [3.05, 3.63) is 9.47 Å². The summed E-state index contributed by atoms with van der Waals surface area (Å²) >= 11 is 6.23. The lowest BCUT2D eigenvalue weighted by molar-refractivity contribution is -0.00270. The zero-order chi connectivity index (χ0) is 11.4. The number of nitrogens with zero attached hydrogens (tertiary/aromatic N) is 2. The third-order valence-electron chi connectivity index (χ3n) is 1.36. The molecule has 5 nitrogen and oxygen atoms in total. The summed E-state index contributed by atoms with van der Waals surface area (Å²) in [5, 5.41) is 17.5. The van der Waals surface area contributed by atoms with Crippen LogP contribution in [0.4, 0.5) is 8.78 Å². The summed E-state index contributed by atoms with van der Waals surface area (Å²) in [5.74, 6) is -0.695. The molecular weight excluding hydrogens is 252 g/mol. The SMILES string of the molecule is O=C(NCC(O)C(F)F)c1nnc(Cl)s1. The molecule has 1 aromatic heterocycles. The van der Waals surface area contributed by atoms with Crippen molar-refractivity contribution in [2.24, 2.45) is 0 Å². The fourth-order valence-corrected chi connectivity index (χ4v) is 1.40. The number of halogens is 3. The Hall–Kier alpha value is -0.860. The fourth-order valence-electron chi connectivity index (χ4n) is 0.659. The molecule has 1 heterocycles. The van der Waals surface area contributed by atoms with Gasteiger partial charge in [-0.1, -0.05) is 11.3 Å². The van der Waals surface area contributed by atoms with E-state index >= 15 is 0 Å². The molecule has 15 heavy (non-hydrogen) atoms. The highest BCUT2D eigenvalue weighted by atomic mass is 35.5. The van der Waals surface area contributed by atoms with Gasteiger partial charge in [0, 0.05) is 6.54 Å². The van der Waals surface area contributed by atoms with Crippen molar-refractivity contribution in [2.75, 3.05) is 6.54 Å². The summed E-state index contributed by atoms with van der Waals surface area (Å²) < 4.78 is 23.8. The third kappa shape index (κ3) is 3.65. The van der Waals surface area contributed by atoms with Gasteiger partial charge in [-0.2, -0.15) is 0 Å². The van der Waals surface area contributed by atoms with Gasteiger partial charge >= 0.3 is 0 Å². The van der Waals surface area contributed by atoms with Crippen LogP contribution < -0.4 is 5.32 Å². The number of aliphatic hydroxyl groups excluding tert-OH is 1. The average Bonchev–Trinajstić information content (AvgIpc) is 2.60. The molecule has 0 aliphatic heterocycles. The van der Waals surface area contributed by atoms with Gasteiger partial charge in [-0.15, -0.1) is 10.2 Å². The van der Waals surface area contributed by atoms with Crippen LogP contribution >= 0.6 is 22.9 Å². The molecule has 0 aliphatic rings. The van der Waals surface area contributed by atoms with Crippen LogP contribution in [0, 0.1) is 0 Å². The number of rotatable bonds is 4. The fraction of sp³-hybridized carbons (Fsp3) is 0.500. The number of hydrogen-bond acceptors (Lipinski definition) is 5. The van der Waals surface area contributed by atoms with Gasteiger partial charge in [0.25, 0.3) is 12.3 Å². The molecule has 2 N–H and O–H groups in total. The van der Waals surface area contributed by atoms with Crippen LogP contribution in [-0.2, 0) is 0 Å². The molecule has 1 unspecified atom stereocenters. The van der Waals surface area contributed by atoms with Gasteiger partial charge < -0.3 is 10.4 Å². The van der Waals surface area contributed by atoms with Crippen LogP contribution in [0.25, 0.3) is 0 Å². The Labute approximate surface area is 92.1 Å². The Kier molecular flexibility index (Phi) is 4.30. The lowest BCUT2D eigenvalue weighted by Crippen LogP contribution is -2.35. The van der Waals surface area contributed by atoms with Gasteiger partial charge in [0.15, 0.2) is 0 Å². The average molecular weight is 258 g/mol. The second-order valence-electron chi connectivity index (χ2n) is 2.47. The van der Waals surface area contributed by atoms with Gasteiger partial charge in [0.2, 0.25) is 9.47 Å². The van der Waals surface area contributed by atoms with Crippen molar-refractivity contribution >= 4 is 28.8 Å². The number of carbonyl (C=O) groups is 1. The van der Waals surface area contributed by atoms with E-state index in [2.05, 4.69) is 15.5 Å². The van der Waals surface area contributed by atoms with E-state index in [1.54, 1.807) is 0 Å². The first kappa shape index (κ1) is 12.2. The predicted octanol–water partition coefficient (Wildman–Crippen LogP) is 0.547. The smallest absolute Gasteiger partial charge is 0.282 e. The minimum atomic E-state index is -2.90. The lowest BCUT2D eigenvalue weighted by Gasteiger charge is -2.08. The molecule has 1 atom stereocenters. The van der Waals surface area contributed by atoms with Gasteiger partial charge in [0.1, 0.15) is 6.10 Å². The second-order valence-corrected chi connectivity index (χ2v) is 4.03.